The lowest BCUT2D eigenvalue weighted by atomic mass is 9.98. The summed E-state index contributed by atoms with van der Waals surface area (Å²) in [5.41, 5.74) is 2.47. The van der Waals surface area contributed by atoms with Gasteiger partial charge in [0.2, 0.25) is 0 Å². The van der Waals surface area contributed by atoms with Crippen LogP contribution in [0.5, 0.6) is 0 Å². The van der Waals surface area contributed by atoms with Gasteiger partial charge in [-0.2, -0.15) is 0 Å². The number of H-pyrrole nitrogens is 2. The van der Waals surface area contributed by atoms with E-state index >= 15 is 35.1 Å². The average Bonchev–Trinajstić information content (AvgIpc) is 1.60. The molecule has 7 aromatic rings. The maximum absolute atomic E-state index is 16.8. The minimum absolute atomic E-state index is 0.0425. The second-order valence-electron chi connectivity index (χ2n) is 22.4. The van der Waals surface area contributed by atoms with Gasteiger partial charge < -0.3 is 52.5 Å². The molecule has 0 fully saturated rings. The van der Waals surface area contributed by atoms with Crippen LogP contribution in [0.15, 0.2) is 0 Å². The molecular formula is C64H82F8N16. The van der Waals surface area contributed by atoms with Crippen molar-refractivity contribution in [3.8, 4) is 45.6 Å². The highest BCUT2D eigenvalue weighted by Gasteiger charge is 2.37. The summed E-state index contributed by atoms with van der Waals surface area (Å²) in [4.78, 5) is 35.6. The number of nitrogens with one attached hydrogen (secondary N) is 10. The lowest BCUT2D eigenvalue weighted by Gasteiger charge is -2.26. The van der Waals surface area contributed by atoms with Crippen LogP contribution < -0.4 is 42.5 Å². The zero-order valence-corrected chi connectivity index (χ0v) is 51.7. The van der Waals surface area contributed by atoms with Gasteiger partial charge in [-0.3, -0.25) is 0 Å². The number of halogens is 8. The van der Waals surface area contributed by atoms with Gasteiger partial charge >= 0.3 is 0 Å². The molecule has 0 atom stereocenters. The predicted octanol–water partition coefficient (Wildman–Crippen LogP) is 17.7. The number of hydrogen-bond donors (Lipinski definition) is 10. The Labute approximate surface area is 507 Å². The van der Waals surface area contributed by atoms with E-state index in [1.165, 1.54) is 0 Å². The van der Waals surface area contributed by atoms with Gasteiger partial charge in [-0.15, -0.1) is 0 Å². The summed E-state index contributed by atoms with van der Waals surface area (Å²) in [5.74, 6) is -18.1. The van der Waals surface area contributed by atoms with Crippen molar-refractivity contribution < 1.29 is 35.1 Å². The number of unbranched alkanes of at least 4 members (excludes halogenated alkanes) is 8. The lowest BCUT2D eigenvalue weighted by Crippen LogP contribution is -2.16. The molecule has 4 aromatic carbocycles. The van der Waals surface area contributed by atoms with Gasteiger partial charge in [-0.05, 0) is 51.4 Å². The van der Waals surface area contributed by atoms with Crippen molar-refractivity contribution >= 4 is 89.6 Å². The fraction of sp³-hybridized carbons (Fsp3) is 0.500. The second-order valence-corrected chi connectivity index (χ2v) is 22.4. The predicted molar refractivity (Wildman–Crippen MR) is 343 cm³/mol. The van der Waals surface area contributed by atoms with Crippen LogP contribution in [0.3, 0.4) is 0 Å². The molecule has 0 saturated heterocycles. The Balaban J connectivity index is 1.62. The highest BCUT2D eigenvalue weighted by atomic mass is 19.2. The van der Waals surface area contributed by atoms with E-state index in [1.54, 1.807) is 0 Å². The number of aromatic amines is 2. The molecule has 9 rings (SSSR count). The molecule has 0 saturated carbocycles. The summed E-state index contributed by atoms with van der Waals surface area (Å²) in [7, 11) is 0. The Morgan fingerprint density at radius 2 is 0.455 bits per heavy atom. The summed E-state index contributed by atoms with van der Waals surface area (Å²) in [6.45, 7) is 20.8. The summed E-state index contributed by atoms with van der Waals surface area (Å²) < 4.78 is 130. The molecule has 0 aliphatic carbocycles. The van der Waals surface area contributed by atoms with Crippen molar-refractivity contribution in [2.24, 2.45) is 0 Å². The van der Waals surface area contributed by atoms with Crippen molar-refractivity contribution in [3.05, 3.63) is 46.5 Å². The number of hydrogen-bond acceptors (Lipinski definition) is 14. The molecule has 24 heteroatoms. The Kier molecular flexibility index (Phi) is 21.6. The number of aromatic nitrogens is 8. The summed E-state index contributed by atoms with van der Waals surface area (Å²) in [6, 6.07) is 0. The van der Waals surface area contributed by atoms with Gasteiger partial charge in [-0.25, -0.2) is 65.0 Å². The van der Waals surface area contributed by atoms with Crippen molar-refractivity contribution in [2.75, 3.05) is 94.9 Å². The molecule has 16 nitrogen and oxygen atoms in total. The highest BCUT2D eigenvalue weighted by molar-refractivity contribution is 6.24. The average molecular weight is 1230 g/mol. The molecule has 88 heavy (non-hydrogen) atoms. The Morgan fingerprint density at radius 1 is 0.239 bits per heavy atom. The third-order valence-electron chi connectivity index (χ3n) is 15.8. The van der Waals surface area contributed by atoms with Crippen LogP contribution in [0.1, 0.15) is 158 Å². The minimum atomic E-state index is -2.23. The van der Waals surface area contributed by atoms with Crippen LogP contribution in [-0.2, 0) is 0 Å². The first-order valence-corrected chi connectivity index (χ1v) is 31.7. The van der Waals surface area contributed by atoms with Crippen LogP contribution in [0.2, 0.25) is 0 Å². The molecule has 0 unspecified atom stereocenters. The van der Waals surface area contributed by atoms with Gasteiger partial charge in [0, 0.05) is 52.4 Å². The zero-order chi connectivity index (χ0) is 62.8. The van der Waals surface area contributed by atoms with Crippen molar-refractivity contribution in [2.45, 2.75) is 158 Å². The van der Waals surface area contributed by atoms with E-state index in [1.807, 2.05) is 0 Å². The molecule has 2 aliphatic heterocycles. The third-order valence-corrected chi connectivity index (χ3v) is 15.8. The minimum Gasteiger partial charge on any atom is -0.383 e. The molecule has 10 N–H and O–H groups in total. The standard InChI is InChI=1S/C64H82F8N16/c1-9-17-25-73-49-37-39(51(75-27-19-11-3)55(79-31-23-15-7)53(49)77-29-21-13-5)63-86-61(37)84-59-35-33(41(65)45(69)47(71)43(35)67)57(82-59)81-58-34-36(44(68)48(72)46(70)42(34)66)60(83-58)85-62-38-40(64(87-62)88-63)52(76-28-20-12-4)56(80-32-24-16-8)54(78-30-22-14-6)50(38)74-26-18-10-2/h73-80H,9-32H2,1-8H3,(H2,81,82,83,84,85,86,87,88). The van der Waals surface area contributed by atoms with E-state index in [0.29, 0.717) is 120 Å². The fourth-order valence-corrected chi connectivity index (χ4v) is 11.1. The van der Waals surface area contributed by atoms with E-state index in [2.05, 4.69) is 118 Å². The van der Waals surface area contributed by atoms with Crippen LogP contribution in [0.4, 0.5) is 80.6 Å². The second kappa shape index (κ2) is 29.4. The van der Waals surface area contributed by atoms with Gasteiger partial charge in [0.05, 0.1) is 89.3 Å². The molecule has 474 valence electrons. The highest BCUT2D eigenvalue weighted by Crippen LogP contribution is 2.55. The van der Waals surface area contributed by atoms with Crippen molar-refractivity contribution in [1.29, 1.82) is 0 Å². The van der Waals surface area contributed by atoms with E-state index in [4.69, 9.17) is 19.9 Å². The Hall–Kier alpha value is -7.92. The molecule has 0 amide bonds. The van der Waals surface area contributed by atoms with Crippen LogP contribution in [0.25, 0.3) is 89.7 Å². The number of benzene rings is 4. The van der Waals surface area contributed by atoms with Gasteiger partial charge in [-0.1, -0.05) is 107 Å². The largest absolute Gasteiger partial charge is 0.383 e. The molecule has 3 aromatic heterocycles. The maximum Gasteiger partial charge on any atom is 0.198 e. The van der Waals surface area contributed by atoms with E-state index in [9.17, 15) is 0 Å². The molecule has 8 bridgehead atoms. The van der Waals surface area contributed by atoms with Crippen molar-refractivity contribution in [1.82, 2.24) is 39.9 Å². The normalized spacial score (nSPS) is 11.8. The topological polar surface area (TPSA) is 205 Å². The molecule has 2 aliphatic rings. The van der Waals surface area contributed by atoms with Crippen molar-refractivity contribution in [3.63, 3.8) is 0 Å². The molecule has 5 heterocycles. The molecule has 0 spiro atoms. The third kappa shape index (κ3) is 12.6. The van der Waals surface area contributed by atoms with E-state index in [0.717, 1.165) is 103 Å². The number of anilines is 8. The zero-order valence-electron chi connectivity index (χ0n) is 51.7. The first kappa shape index (κ1) is 64.6. The first-order valence-electron chi connectivity index (χ1n) is 31.7. The molecule has 0 radical (unpaired) electrons. The summed E-state index contributed by atoms with van der Waals surface area (Å²) >= 11 is 0. The smallest absolute Gasteiger partial charge is 0.198 e. The first-order chi connectivity index (χ1) is 42.7. The van der Waals surface area contributed by atoms with Crippen LogP contribution >= 0.6 is 0 Å². The summed E-state index contributed by atoms with van der Waals surface area (Å²) in [5, 5.41) is 28.8. The van der Waals surface area contributed by atoms with Crippen LogP contribution in [0, 0.1) is 46.5 Å². The summed E-state index contributed by atoms with van der Waals surface area (Å²) in [6.07, 6.45) is 12.9. The van der Waals surface area contributed by atoms with Crippen LogP contribution in [-0.4, -0.2) is 92.2 Å². The van der Waals surface area contributed by atoms with Gasteiger partial charge in [0.1, 0.15) is 22.6 Å². The lowest BCUT2D eigenvalue weighted by molar-refractivity contribution is 0.412. The maximum atomic E-state index is 16.8. The van der Waals surface area contributed by atoms with E-state index < -0.39 is 91.4 Å². The Morgan fingerprint density at radius 3 is 0.727 bits per heavy atom. The van der Waals surface area contributed by atoms with Gasteiger partial charge in [0.15, 0.2) is 69.8 Å². The SMILES string of the molecule is CCCCNc1c(NCCCC)c(NCCCC)c2c(c1NCCCC)-c1nc-2nc2[nH]c(nc3nc(nc4[nH]c(n1)c1c(F)c(F)c(F)c(F)c41)-c1c(F)c(F)c(F)c(F)c1-3)c1c(NCCCC)c(NCCCC)c(NCCCC)c(NCCCC)c21. The Bertz CT molecular complexity index is 3850. The number of fused-ring (bicyclic) bond motifs is 20. The number of rotatable bonds is 32. The molecular weight excluding hydrogens is 1140 g/mol. The van der Waals surface area contributed by atoms with E-state index in [-0.39, 0.29) is 22.9 Å². The fourth-order valence-electron chi connectivity index (χ4n) is 11.1. The quantitative estimate of drug-likeness (QED) is 0.00825. The monoisotopic (exact) mass is 1230 g/mol. The number of nitrogens with zero attached hydrogens (tertiary/aromatic N) is 6. The van der Waals surface area contributed by atoms with Gasteiger partial charge in [0.25, 0.3) is 0 Å².